The first-order chi connectivity index (χ1) is 13.6. The summed E-state index contributed by atoms with van der Waals surface area (Å²) >= 11 is 1.29. The number of hydrogen-bond donors (Lipinski definition) is 1. The Morgan fingerprint density at radius 1 is 1.18 bits per heavy atom. The lowest BCUT2D eigenvalue weighted by atomic mass is 10.3. The zero-order valence-electron chi connectivity index (χ0n) is 15.5. The fourth-order valence-electron chi connectivity index (χ4n) is 2.40. The number of esters is 1. The first-order valence-electron chi connectivity index (χ1n) is 8.65. The van der Waals surface area contributed by atoms with Gasteiger partial charge in [0.25, 0.3) is 5.91 Å². The number of carbonyl (C=O) groups is 2. The Labute approximate surface area is 166 Å². The maximum Gasteiger partial charge on any atom is 0.344 e. The topological polar surface area (TPSA) is 90.4 Å². The number of aromatic nitrogens is 2. The molecule has 0 radical (unpaired) electrons. The molecule has 28 heavy (non-hydrogen) atoms. The second kappa shape index (κ2) is 9.09. The van der Waals surface area contributed by atoms with E-state index in [0.717, 1.165) is 5.69 Å². The van der Waals surface area contributed by atoms with Crippen LogP contribution < -0.4 is 10.1 Å². The van der Waals surface area contributed by atoms with Crippen molar-refractivity contribution in [1.29, 1.82) is 0 Å². The molecule has 144 valence electrons. The second-order valence-electron chi connectivity index (χ2n) is 5.72. The second-order valence-corrected chi connectivity index (χ2v) is 6.72. The molecule has 0 aliphatic carbocycles. The number of anilines is 1. The third-order valence-corrected chi connectivity index (χ3v) is 4.82. The molecule has 2 aromatic heterocycles. The number of thiazole rings is 1. The van der Waals surface area contributed by atoms with Crippen LogP contribution in [-0.4, -0.2) is 35.1 Å². The number of amides is 1. The highest BCUT2D eigenvalue weighted by Crippen LogP contribution is 2.27. The van der Waals surface area contributed by atoms with E-state index < -0.39 is 5.97 Å². The lowest BCUT2D eigenvalue weighted by Crippen LogP contribution is -2.15. The molecule has 0 bridgehead atoms. The number of carbonyl (C=O) groups excluding carboxylic acids is 2. The lowest BCUT2D eigenvalue weighted by Gasteiger charge is -2.08. The van der Waals surface area contributed by atoms with Crippen molar-refractivity contribution in [1.82, 2.24) is 9.97 Å². The lowest BCUT2D eigenvalue weighted by molar-refractivity contribution is -0.145. The van der Waals surface area contributed by atoms with E-state index >= 15 is 0 Å². The van der Waals surface area contributed by atoms with Crippen molar-refractivity contribution in [3.05, 3.63) is 59.2 Å². The van der Waals surface area contributed by atoms with Gasteiger partial charge in [-0.15, -0.1) is 11.3 Å². The molecule has 0 unspecified atom stereocenters. The summed E-state index contributed by atoms with van der Waals surface area (Å²) in [6.45, 7) is 3.63. The number of ether oxygens (including phenoxy) is 2. The quantitative estimate of drug-likeness (QED) is 0.611. The van der Waals surface area contributed by atoms with Crippen LogP contribution in [0.2, 0.25) is 0 Å². The van der Waals surface area contributed by atoms with E-state index in [1.165, 1.54) is 11.3 Å². The predicted octanol–water partition coefficient (Wildman–Crippen LogP) is 3.71. The minimum Gasteiger partial charge on any atom is -0.482 e. The van der Waals surface area contributed by atoms with Gasteiger partial charge >= 0.3 is 5.97 Å². The molecule has 0 saturated heterocycles. The highest BCUT2D eigenvalue weighted by molar-refractivity contribution is 7.17. The van der Waals surface area contributed by atoms with Crippen LogP contribution in [0.5, 0.6) is 5.75 Å². The van der Waals surface area contributed by atoms with E-state index in [2.05, 4.69) is 15.3 Å². The summed E-state index contributed by atoms with van der Waals surface area (Å²) in [5, 5.41) is 3.52. The molecule has 1 amide bonds. The number of hydrogen-bond acceptors (Lipinski definition) is 7. The van der Waals surface area contributed by atoms with Gasteiger partial charge in [0.15, 0.2) is 6.61 Å². The number of pyridine rings is 1. The molecule has 0 spiro atoms. The molecule has 8 heteroatoms. The van der Waals surface area contributed by atoms with E-state index in [-0.39, 0.29) is 12.5 Å². The number of rotatable bonds is 7. The van der Waals surface area contributed by atoms with Crippen molar-refractivity contribution in [2.24, 2.45) is 0 Å². The van der Waals surface area contributed by atoms with Crippen LogP contribution in [0.15, 0.2) is 48.7 Å². The fourth-order valence-corrected chi connectivity index (χ4v) is 3.34. The predicted molar refractivity (Wildman–Crippen MR) is 107 cm³/mol. The van der Waals surface area contributed by atoms with Crippen molar-refractivity contribution >= 4 is 28.9 Å². The molecule has 0 saturated carbocycles. The van der Waals surface area contributed by atoms with Crippen LogP contribution in [0.3, 0.4) is 0 Å². The molecule has 2 heterocycles. The standard InChI is InChI=1S/C20H19N3O4S/c1-3-26-17(24)12-27-15-8-6-7-14(11-15)23-19(25)18-13(2)22-20(28-18)16-9-4-5-10-21-16/h4-11H,3,12H2,1-2H3,(H,23,25). The molecule has 7 nitrogen and oxygen atoms in total. The Kier molecular flexibility index (Phi) is 6.33. The van der Waals surface area contributed by atoms with Gasteiger partial charge in [0, 0.05) is 18.0 Å². The zero-order valence-corrected chi connectivity index (χ0v) is 16.3. The smallest absolute Gasteiger partial charge is 0.344 e. The Hall–Kier alpha value is -3.26. The van der Waals surface area contributed by atoms with E-state index in [0.29, 0.717) is 33.6 Å². The van der Waals surface area contributed by atoms with E-state index in [9.17, 15) is 9.59 Å². The minimum atomic E-state index is -0.445. The monoisotopic (exact) mass is 397 g/mol. The molecule has 1 N–H and O–H groups in total. The number of benzene rings is 1. The molecule has 3 rings (SSSR count). The van der Waals surface area contributed by atoms with Crippen LogP contribution in [0.1, 0.15) is 22.3 Å². The van der Waals surface area contributed by atoms with Gasteiger partial charge in [0.1, 0.15) is 15.6 Å². The summed E-state index contributed by atoms with van der Waals surface area (Å²) in [6, 6.07) is 12.4. The molecule has 0 aliphatic rings. The molecule has 0 atom stereocenters. The average Bonchev–Trinajstić information content (AvgIpc) is 3.09. The van der Waals surface area contributed by atoms with Gasteiger partial charge in [-0.3, -0.25) is 9.78 Å². The first-order valence-corrected chi connectivity index (χ1v) is 9.47. The molecule has 0 aliphatic heterocycles. The van der Waals surface area contributed by atoms with Gasteiger partial charge in [0.2, 0.25) is 0 Å². The Morgan fingerprint density at radius 2 is 2.04 bits per heavy atom. The summed E-state index contributed by atoms with van der Waals surface area (Å²) in [6.07, 6.45) is 1.69. The van der Waals surface area contributed by atoms with Gasteiger partial charge in [-0.1, -0.05) is 12.1 Å². The summed E-state index contributed by atoms with van der Waals surface area (Å²) in [5.74, 6) is -0.250. The van der Waals surface area contributed by atoms with Crippen LogP contribution >= 0.6 is 11.3 Å². The van der Waals surface area contributed by atoms with E-state index in [4.69, 9.17) is 9.47 Å². The van der Waals surface area contributed by atoms with Crippen molar-refractivity contribution in [2.45, 2.75) is 13.8 Å². The average molecular weight is 397 g/mol. The van der Waals surface area contributed by atoms with E-state index in [1.807, 2.05) is 18.2 Å². The first kappa shape index (κ1) is 19.5. The number of nitrogens with one attached hydrogen (secondary N) is 1. The van der Waals surface area contributed by atoms with Crippen molar-refractivity contribution < 1.29 is 19.1 Å². The maximum atomic E-state index is 12.7. The summed E-state index contributed by atoms with van der Waals surface area (Å²) in [7, 11) is 0. The van der Waals surface area contributed by atoms with Gasteiger partial charge in [-0.2, -0.15) is 0 Å². The Balaban J connectivity index is 1.69. The van der Waals surface area contributed by atoms with Gasteiger partial charge in [-0.05, 0) is 38.1 Å². The summed E-state index contributed by atoms with van der Waals surface area (Å²) in [5.41, 5.74) is 1.92. The third-order valence-electron chi connectivity index (χ3n) is 3.64. The van der Waals surface area contributed by atoms with Crippen molar-refractivity contribution in [2.75, 3.05) is 18.5 Å². The minimum absolute atomic E-state index is 0.188. The van der Waals surface area contributed by atoms with Gasteiger partial charge < -0.3 is 14.8 Å². The highest BCUT2D eigenvalue weighted by atomic mass is 32.1. The van der Waals surface area contributed by atoms with Crippen LogP contribution in [0.25, 0.3) is 10.7 Å². The molecular formula is C20H19N3O4S. The van der Waals surface area contributed by atoms with Crippen LogP contribution in [0, 0.1) is 6.92 Å². The third kappa shape index (κ3) is 4.92. The fraction of sp³-hybridized carbons (Fsp3) is 0.200. The Bertz CT molecular complexity index is 973. The largest absolute Gasteiger partial charge is 0.482 e. The van der Waals surface area contributed by atoms with Crippen LogP contribution in [-0.2, 0) is 9.53 Å². The van der Waals surface area contributed by atoms with Crippen LogP contribution in [0.4, 0.5) is 5.69 Å². The zero-order chi connectivity index (χ0) is 19.9. The van der Waals surface area contributed by atoms with Crippen molar-refractivity contribution in [3.63, 3.8) is 0 Å². The van der Waals surface area contributed by atoms with Gasteiger partial charge in [0.05, 0.1) is 18.0 Å². The summed E-state index contributed by atoms with van der Waals surface area (Å²) in [4.78, 5) is 33.3. The number of nitrogens with zero attached hydrogens (tertiary/aromatic N) is 2. The molecular weight excluding hydrogens is 378 g/mol. The highest BCUT2D eigenvalue weighted by Gasteiger charge is 2.17. The molecule has 0 fully saturated rings. The van der Waals surface area contributed by atoms with E-state index in [1.54, 1.807) is 44.3 Å². The maximum absolute atomic E-state index is 12.7. The molecule has 3 aromatic rings. The SMILES string of the molecule is CCOC(=O)COc1cccc(NC(=O)c2sc(-c3ccccn3)nc2C)c1. The summed E-state index contributed by atoms with van der Waals surface area (Å²) < 4.78 is 10.2. The molecule has 1 aromatic carbocycles. The van der Waals surface area contributed by atoms with Crippen molar-refractivity contribution in [3.8, 4) is 16.5 Å². The number of aryl methyl sites for hydroxylation is 1. The normalized spacial score (nSPS) is 10.4. The Morgan fingerprint density at radius 3 is 2.79 bits per heavy atom. The van der Waals surface area contributed by atoms with Gasteiger partial charge in [-0.25, -0.2) is 9.78 Å².